The molecular formula is C44H37N3. The summed E-state index contributed by atoms with van der Waals surface area (Å²) in [6.07, 6.45) is 0. The Balaban J connectivity index is 0.000000529. The normalized spacial score (nSPS) is 10.8. The molecule has 1 N–H and O–H groups in total. The minimum absolute atomic E-state index is 1.12. The molecule has 0 unspecified atom stereocenters. The molecule has 0 radical (unpaired) electrons. The maximum absolute atomic E-state index is 3.74. The standard InChI is InChI=1S/C38H31N3.C6H6/c1-27-13-17-31(18-14-27)40(29-9-5-3-6-10-29)33-21-23-35-36-24-22-34(26-38(36)39-37(35)25-33)41(30-11-7-4-8-12-30)32-19-15-28(2)16-20-32;1-2-4-6-5-3-1/h3-26,39H,1-2H3;1-6H. The molecule has 0 aliphatic carbocycles. The largest absolute Gasteiger partial charge is 0.354 e. The Bertz CT molecular complexity index is 2020. The van der Waals surface area contributed by atoms with Gasteiger partial charge in [0.15, 0.2) is 0 Å². The lowest BCUT2D eigenvalue weighted by Crippen LogP contribution is -2.09. The fourth-order valence-corrected chi connectivity index (χ4v) is 5.99. The van der Waals surface area contributed by atoms with Crippen molar-refractivity contribution >= 4 is 55.9 Å². The Morgan fingerprint density at radius 3 is 0.979 bits per heavy atom. The van der Waals surface area contributed by atoms with E-state index in [9.17, 15) is 0 Å². The third kappa shape index (κ3) is 6.51. The number of aryl methyl sites for hydroxylation is 2. The summed E-state index contributed by atoms with van der Waals surface area (Å²) < 4.78 is 0. The molecule has 7 aromatic carbocycles. The van der Waals surface area contributed by atoms with Gasteiger partial charge in [-0.2, -0.15) is 0 Å². The molecule has 0 aliphatic rings. The van der Waals surface area contributed by atoms with Crippen LogP contribution in [0.25, 0.3) is 21.8 Å². The fraction of sp³-hybridized carbons (Fsp3) is 0.0455. The minimum atomic E-state index is 1.12. The first-order valence-corrected chi connectivity index (χ1v) is 16.0. The highest BCUT2D eigenvalue weighted by Crippen LogP contribution is 2.40. The van der Waals surface area contributed by atoms with Gasteiger partial charge in [0, 0.05) is 55.9 Å². The molecule has 0 saturated heterocycles. The van der Waals surface area contributed by atoms with E-state index in [0.29, 0.717) is 0 Å². The molecule has 0 saturated carbocycles. The van der Waals surface area contributed by atoms with Crippen LogP contribution in [-0.4, -0.2) is 4.98 Å². The van der Waals surface area contributed by atoms with Gasteiger partial charge in [-0.05, 0) is 86.6 Å². The molecule has 47 heavy (non-hydrogen) atoms. The third-order valence-corrected chi connectivity index (χ3v) is 8.36. The van der Waals surface area contributed by atoms with Crippen molar-refractivity contribution < 1.29 is 0 Å². The molecule has 1 heterocycles. The van der Waals surface area contributed by atoms with Crippen LogP contribution >= 0.6 is 0 Å². The molecule has 1 aromatic heterocycles. The van der Waals surface area contributed by atoms with Gasteiger partial charge in [-0.25, -0.2) is 0 Å². The van der Waals surface area contributed by atoms with E-state index in [0.717, 1.165) is 45.2 Å². The number of fused-ring (bicyclic) bond motifs is 3. The van der Waals surface area contributed by atoms with Gasteiger partial charge in [0.05, 0.1) is 0 Å². The van der Waals surface area contributed by atoms with Crippen LogP contribution in [0.5, 0.6) is 0 Å². The second-order valence-electron chi connectivity index (χ2n) is 11.8. The van der Waals surface area contributed by atoms with E-state index in [2.05, 4.69) is 174 Å². The maximum Gasteiger partial charge on any atom is 0.0485 e. The Kier molecular flexibility index (Phi) is 8.52. The molecular weight excluding hydrogens is 571 g/mol. The summed E-state index contributed by atoms with van der Waals surface area (Å²) in [6, 6.07) is 64.0. The Morgan fingerprint density at radius 1 is 0.319 bits per heavy atom. The first-order valence-electron chi connectivity index (χ1n) is 16.0. The van der Waals surface area contributed by atoms with E-state index in [1.807, 2.05) is 36.4 Å². The third-order valence-electron chi connectivity index (χ3n) is 8.36. The molecule has 0 spiro atoms. The summed E-state index contributed by atoms with van der Waals surface area (Å²) in [5.41, 5.74) is 11.5. The van der Waals surface area contributed by atoms with Crippen LogP contribution in [0.1, 0.15) is 11.1 Å². The van der Waals surface area contributed by atoms with Crippen molar-refractivity contribution in [3.63, 3.8) is 0 Å². The van der Waals surface area contributed by atoms with Gasteiger partial charge in [0.25, 0.3) is 0 Å². The average molecular weight is 608 g/mol. The highest BCUT2D eigenvalue weighted by molar-refractivity contribution is 6.09. The Labute approximate surface area is 277 Å². The van der Waals surface area contributed by atoms with Crippen LogP contribution < -0.4 is 9.80 Å². The predicted molar refractivity (Wildman–Crippen MR) is 201 cm³/mol. The van der Waals surface area contributed by atoms with Crippen molar-refractivity contribution in [1.82, 2.24) is 4.98 Å². The van der Waals surface area contributed by atoms with Crippen molar-refractivity contribution in [1.29, 1.82) is 0 Å². The van der Waals surface area contributed by atoms with Gasteiger partial charge in [-0.3, -0.25) is 0 Å². The lowest BCUT2D eigenvalue weighted by atomic mass is 10.1. The zero-order valence-electron chi connectivity index (χ0n) is 26.7. The van der Waals surface area contributed by atoms with Gasteiger partial charge < -0.3 is 14.8 Å². The number of nitrogens with zero attached hydrogens (tertiary/aromatic N) is 2. The van der Waals surface area contributed by atoms with Gasteiger partial charge in [0.1, 0.15) is 0 Å². The average Bonchev–Trinajstić information content (AvgIpc) is 3.49. The van der Waals surface area contributed by atoms with E-state index >= 15 is 0 Å². The Hall–Kier alpha value is -6.06. The van der Waals surface area contributed by atoms with Crippen LogP contribution in [0.2, 0.25) is 0 Å². The highest BCUT2D eigenvalue weighted by atomic mass is 15.1. The SMILES string of the molecule is Cc1ccc(N(c2ccccc2)c2ccc3c(c2)[nH]c2cc(N(c4ccccc4)c4ccc(C)cc4)ccc23)cc1.c1ccccc1. The molecule has 0 amide bonds. The number of nitrogens with one attached hydrogen (secondary N) is 1. The molecule has 3 heteroatoms. The number of benzene rings is 7. The van der Waals surface area contributed by atoms with E-state index in [1.54, 1.807) is 0 Å². The Morgan fingerprint density at radius 2 is 0.617 bits per heavy atom. The maximum atomic E-state index is 3.74. The van der Waals surface area contributed by atoms with E-state index < -0.39 is 0 Å². The van der Waals surface area contributed by atoms with E-state index in [1.165, 1.54) is 21.9 Å². The van der Waals surface area contributed by atoms with E-state index in [4.69, 9.17) is 0 Å². The molecule has 228 valence electrons. The first kappa shape index (κ1) is 29.6. The van der Waals surface area contributed by atoms with Crippen LogP contribution in [0.4, 0.5) is 34.1 Å². The van der Waals surface area contributed by atoms with Crippen LogP contribution in [0.3, 0.4) is 0 Å². The van der Waals surface area contributed by atoms with Crippen molar-refractivity contribution in [2.45, 2.75) is 13.8 Å². The van der Waals surface area contributed by atoms with Crippen molar-refractivity contribution in [3.05, 3.63) is 193 Å². The number of aromatic amines is 1. The summed E-state index contributed by atoms with van der Waals surface area (Å²) >= 11 is 0. The topological polar surface area (TPSA) is 22.3 Å². The molecule has 8 rings (SSSR count). The lowest BCUT2D eigenvalue weighted by Gasteiger charge is -2.25. The molecule has 8 aromatic rings. The number of hydrogen-bond donors (Lipinski definition) is 1. The number of hydrogen-bond acceptors (Lipinski definition) is 2. The first-order chi connectivity index (χ1) is 23.1. The van der Waals surface area contributed by atoms with Crippen LogP contribution in [0, 0.1) is 13.8 Å². The van der Waals surface area contributed by atoms with Crippen molar-refractivity contribution in [2.24, 2.45) is 0 Å². The summed E-state index contributed by atoms with van der Waals surface area (Å²) in [6.45, 7) is 4.25. The smallest absolute Gasteiger partial charge is 0.0485 e. The van der Waals surface area contributed by atoms with Crippen LogP contribution in [-0.2, 0) is 0 Å². The van der Waals surface area contributed by atoms with Gasteiger partial charge in [0.2, 0.25) is 0 Å². The summed E-state index contributed by atoms with van der Waals surface area (Å²) in [5.74, 6) is 0. The minimum Gasteiger partial charge on any atom is -0.354 e. The monoisotopic (exact) mass is 607 g/mol. The zero-order chi connectivity index (χ0) is 32.0. The number of anilines is 6. The number of para-hydroxylation sites is 2. The number of rotatable bonds is 6. The molecule has 0 atom stereocenters. The fourth-order valence-electron chi connectivity index (χ4n) is 5.99. The quantitative estimate of drug-likeness (QED) is 0.203. The molecule has 0 aliphatic heterocycles. The van der Waals surface area contributed by atoms with E-state index in [-0.39, 0.29) is 0 Å². The molecule has 0 fully saturated rings. The van der Waals surface area contributed by atoms with Gasteiger partial charge in [-0.1, -0.05) is 120 Å². The van der Waals surface area contributed by atoms with Gasteiger partial charge in [-0.15, -0.1) is 0 Å². The van der Waals surface area contributed by atoms with Gasteiger partial charge >= 0.3 is 0 Å². The number of H-pyrrole nitrogens is 1. The second-order valence-corrected chi connectivity index (χ2v) is 11.8. The van der Waals surface area contributed by atoms with Crippen molar-refractivity contribution in [2.75, 3.05) is 9.80 Å². The highest BCUT2D eigenvalue weighted by Gasteiger charge is 2.16. The summed E-state index contributed by atoms with van der Waals surface area (Å²) in [4.78, 5) is 8.36. The van der Waals surface area contributed by atoms with Crippen LogP contribution in [0.15, 0.2) is 182 Å². The summed E-state index contributed by atoms with van der Waals surface area (Å²) in [5, 5.41) is 2.43. The predicted octanol–water partition coefficient (Wildman–Crippen LogP) is 12.6. The second kappa shape index (κ2) is 13.5. The summed E-state index contributed by atoms with van der Waals surface area (Å²) in [7, 11) is 0. The number of aromatic nitrogens is 1. The van der Waals surface area contributed by atoms with Crippen molar-refractivity contribution in [3.8, 4) is 0 Å². The lowest BCUT2D eigenvalue weighted by molar-refractivity contribution is 1.28. The molecule has 0 bridgehead atoms. The molecule has 3 nitrogen and oxygen atoms in total. The zero-order valence-corrected chi connectivity index (χ0v) is 26.7.